The average Bonchev–Trinajstić information content (AvgIpc) is 2.17. The van der Waals surface area contributed by atoms with E-state index in [4.69, 9.17) is 5.73 Å². The molecule has 0 aliphatic rings. The van der Waals surface area contributed by atoms with Gasteiger partial charge in [-0.15, -0.1) is 0 Å². The van der Waals surface area contributed by atoms with Gasteiger partial charge in [0.2, 0.25) is 10.0 Å². The van der Waals surface area contributed by atoms with Crippen LogP contribution in [0.5, 0.6) is 0 Å². The minimum absolute atomic E-state index is 0.0263. The van der Waals surface area contributed by atoms with Crippen molar-refractivity contribution in [1.82, 2.24) is 9.29 Å². The number of hydrogen-bond donors (Lipinski definition) is 1. The molecule has 0 atom stereocenters. The van der Waals surface area contributed by atoms with Crippen LogP contribution < -0.4 is 5.73 Å². The highest BCUT2D eigenvalue weighted by atomic mass is 32.2. The number of thiocarbonyl (C=S) groups is 1. The van der Waals surface area contributed by atoms with E-state index in [1.165, 1.54) is 11.4 Å². The summed E-state index contributed by atoms with van der Waals surface area (Å²) in [5, 5.41) is 0. The van der Waals surface area contributed by atoms with Crippen LogP contribution >= 0.6 is 12.2 Å². The van der Waals surface area contributed by atoms with E-state index in [-0.39, 0.29) is 17.3 Å². The summed E-state index contributed by atoms with van der Waals surface area (Å²) in [5.74, 6) is -0.302. The lowest BCUT2D eigenvalue weighted by Gasteiger charge is -2.16. The Morgan fingerprint density at radius 3 is 2.56 bits per heavy atom. The zero-order valence-corrected chi connectivity index (χ0v) is 10.5. The molecule has 5 nitrogen and oxygen atoms in total. The molecule has 0 aliphatic heterocycles. The van der Waals surface area contributed by atoms with Crippen LogP contribution in [-0.4, -0.2) is 35.5 Å². The van der Waals surface area contributed by atoms with Crippen molar-refractivity contribution >= 4 is 27.2 Å². The Bertz CT molecular complexity index is 459. The fourth-order valence-electron chi connectivity index (χ4n) is 1.13. The Morgan fingerprint density at radius 1 is 1.50 bits per heavy atom. The van der Waals surface area contributed by atoms with E-state index in [9.17, 15) is 8.42 Å². The summed E-state index contributed by atoms with van der Waals surface area (Å²) in [6.07, 6.45) is 3.23. The predicted octanol–water partition coefficient (Wildman–Crippen LogP) is 0.129. The van der Waals surface area contributed by atoms with Crippen LogP contribution in [0.25, 0.3) is 0 Å². The standard InChI is InChI=1S/C9H13N3O2S2/c1-12(16(13,14)7-9(10)15)6-8-2-4-11-5-3-8/h2-5H,6-7H2,1H3,(H2,10,15). The second-order valence-electron chi connectivity index (χ2n) is 3.33. The highest BCUT2D eigenvalue weighted by Crippen LogP contribution is 2.06. The van der Waals surface area contributed by atoms with Gasteiger partial charge >= 0.3 is 0 Å². The minimum Gasteiger partial charge on any atom is -0.392 e. The zero-order chi connectivity index (χ0) is 12.2. The highest BCUT2D eigenvalue weighted by molar-refractivity contribution is 7.92. The van der Waals surface area contributed by atoms with Gasteiger partial charge in [-0.25, -0.2) is 12.7 Å². The Morgan fingerprint density at radius 2 is 2.06 bits per heavy atom. The van der Waals surface area contributed by atoms with Crippen molar-refractivity contribution in [3.05, 3.63) is 30.1 Å². The van der Waals surface area contributed by atoms with Crippen LogP contribution in [-0.2, 0) is 16.6 Å². The van der Waals surface area contributed by atoms with Crippen molar-refractivity contribution in [1.29, 1.82) is 0 Å². The molecule has 0 saturated carbocycles. The first-order chi connectivity index (χ1) is 7.42. The number of nitrogens with zero attached hydrogens (tertiary/aromatic N) is 2. The maximum atomic E-state index is 11.7. The van der Waals surface area contributed by atoms with E-state index in [2.05, 4.69) is 17.2 Å². The van der Waals surface area contributed by atoms with Crippen LogP contribution in [0.15, 0.2) is 24.5 Å². The molecule has 1 rings (SSSR count). The third-order valence-corrected chi connectivity index (χ3v) is 4.04. The SMILES string of the molecule is CN(Cc1ccncc1)S(=O)(=O)CC(N)=S. The second-order valence-corrected chi connectivity index (χ2v) is 5.93. The molecule has 7 heteroatoms. The number of rotatable bonds is 5. The van der Waals surface area contributed by atoms with Crippen LogP contribution in [0.3, 0.4) is 0 Å². The first kappa shape index (κ1) is 13.0. The number of hydrogen-bond acceptors (Lipinski definition) is 4. The Kier molecular flexibility index (Phi) is 4.34. The molecule has 0 aliphatic carbocycles. The second kappa shape index (κ2) is 5.33. The Balaban J connectivity index is 2.72. The molecule has 1 aromatic heterocycles. The number of pyridine rings is 1. The molecule has 0 aromatic carbocycles. The normalized spacial score (nSPS) is 11.6. The van der Waals surface area contributed by atoms with Gasteiger partial charge in [-0.05, 0) is 17.7 Å². The molecule has 16 heavy (non-hydrogen) atoms. The maximum Gasteiger partial charge on any atom is 0.220 e. The van der Waals surface area contributed by atoms with Gasteiger partial charge in [0.1, 0.15) is 5.75 Å². The quantitative estimate of drug-likeness (QED) is 0.761. The van der Waals surface area contributed by atoms with Gasteiger partial charge in [0.05, 0.1) is 4.99 Å². The van der Waals surface area contributed by atoms with Gasteiger partial charge in [-0.3, -0.25) is 4.98 Å². The molecule has 0 bridgehead atoms. The Labute approximate surface area is 100 Å². The summed E-state index contributed by atoms with van der Waals surface area (Å²) >= 11 is 4.59. The zero-order valence-electron chi connectivity index (χ0n) is 8.83. The van der Waals surface area contributed by atoms with Crippen LogP contribution in [0.1, 0.15) is 5.56 Å². The molecule has 0 saturated heterocycles. The Hall–Kier alpha value is -1.05. The van der Waals surface area contributed by atoms with Gasteiger partial charge in [0.15, 0.2) is 0 Å². The maximum absolute atomic E-state index is 11.7. The molecule has 88 valence electrons. The molecule has 0 radical (unpaired) electrons. The average molecular weight is 259 g/mol. The van der Waals surface area contributed by atoms with Gasteiger partial charge < -0.3 is 5.73 Å². The predicted molar refractivity (Wildman–Crippen MR) is 66.3 cm³/mol. The molecule has 0 fully saturated rings. The molecule has 1 heterocycles. The number of aromatic nitrogens is 1. The van der Waals surface area contributed by atoms with E-state index >= 15 is 0 Å². The first-order valence-electron chi connectivity index (χ1n) is 4.53. The van der Waals surface area contributed by atoms with Crippen molar-refractivity contribution < 1.29 is 8.42 Å². The first-order valence-corrected chi connectivity index (χ1v) is 6.55. The van der Waals surface area contributed by atoms with E-state index < -0.39 is 10.0 Å². The molecule has 0 amide bonds. The van der Waals surface area contributed by atoms with Gasteiger partial charge in [0, 0.05) is 26.0 Å². The van der Waals surface area contributed by atoms with Crippen LogP contribution in [0, 0.1) is 0 Å². The van der Waals surface area contributed by atoms with Crippen LogP contribution in [0.2, 0.25) is 0 Å². The van der Waals surface area contributed by atoms with E-state index in [0.29, 0.717) is 0 Å². The van der Waals surface area contributed by atoms with Gasteiger partial charge in [-0.2, -0.15) is 0 Å². The van der Waals surface area contributed by atoms with Crippen molar-refractivity contribution in [2.45, 2.75) is 6.54 Å². The molecular weight excluding hydrogens is 246 g/mol. The smallest absolute Gasteiger partial charge is 0.220 e. The van der Waals surface area contributed by atoms with Crippen molar-refractivity contribution in [3.63, 3.8) is 0 Å². The fourth-order valence-corrected chi connectivity index (χ4v) is 2.51. The summed E-state index contributed by atoms with van der Waals surface area (Å²) in [6, 6.07) is 3.51. The molecule has 1 aromatic rings. The topological polar surface area (TPSA) is 76.3 Å². The fraction of sp³-hybridized carbons (Fsp3) is 0.333. The summed E-state index contributed by atoms with van der Waals surface area (Å²) < 4.78 is 24.6. The monoisotopic (exact) mass is 259 g/mol. The third-order valence-electron chi connectivity index (χ3n) is 1.95. The molecule has 0 unspecified atom stereocenters. The van der Waals surface area contributed by atoms with E-state index in [0.717, 1.165) is 5.56 Å². The summed E-state index contributed by atoms with van der Waals surface area (Å²) in [6.45, 7) is 0.285. The van der Waals surface area contributed by atoms with Crippen molar-refractivity contribution in [2.24, 2.45) is 5.73 Å². The highest BCUT2D eigenvalue weighted by Gasteiger charge is 2.18. The van der Waals surface area contributed by atoms with E-state index in [1.807, 2.05) is 0 Å². The van der Waals surface area contributed by atoms with Crippen LogP contribution in [0.4, 0.5) is 0 Å². The van der Waals surface area contributed by atoms with Gasteiger partial charge in [0.25, 0.3) is 0 Å². The third kappa shape index (κ3) is 3.84. The summed E-state index contributed by atoms with van der Waals surface area (Å²) in [7, 11) is -1.92. The summed E-state index contributed by atoms with van der Waals surface area (Å²) in [5.41, 5.74) is 6.09. The largest absolute Gasteiger partial charge is 0.392 e. The molecule has 0 spiro atoms. The van der Waals surface area contributed by atoms with Gasteiger partial charge in [-0.1, -0.05) is 12.2 Å². The van der Waals surface area contributed by atoms with Crippen molar-refractivity contribution in [2.75, 3.05) is 12.8 Å². The minimum atomic E-state index is -3.41. The van der Waals surface area contributed by atoms with Crippen molar-refractivity contribution in [3.8, 4) is 0 Å². The lowest BCUT2D eigenvalue weighted by Crippen LogP contribution is -2.33. The lowest BCUT2D eigenvalue weighted by atomic mass is 10.3. The lowest BCUT2D eigenvalue weighted by molar-refractivity contribution is 0.470. The summed E-state index contributed by atoms with van der Waals surface area (Å²) in [4.78, 5) is 3.83. The number of sulfonamides is 1. The van der Waals surface area contributed by atoms with E-state index in [1.54, 1.807) is 24.5 Å². The number of nitrogens with two attached hydrogens (primary N) is 1. The molecular formula is C9H13N3O2S2. The molecule has 2 N–H and O–H groups in total.